The Hall–Kier alpha value is -0.843. The van der Waals surface area contributed by atoms with Crippen molar-refractivity contribution in [3.63, 3.8) is 0 Å². The molecule has 3 nitrogen and oxygen atoms in total. The third kappa shape index (κ3) is 6.20. The molecule has 0 spiro atoms. The van der Waals surface area contributed by atoms with Crippen molar-refractivity contribution >= 4 is 27.3 Å². The summed E-state index contributed by atoms with van der Waals surface area (Å²) in [6.45, 7) is 12.5. The number of nitrogens with one attached hydrogen (secondary N) is 1. The van der Waals surface area contributed by atoms with E-state index in [0.29, 0.717) is 21.3 Å². The van der Waals surface area contributed by atoms with Crippen LogP contribution in [0.15, 0.2) is 18.2 Å². The molecule has 5 heteroatoms. The lowest BCUT2D eigenvalue weighted by atomic mass is 9.96. The molecular formula is C16H24ClNO2Si. The van der Waals surface area contributed by atoms with Gasteiger partial charge >= 0.3 is 0 Å². The SMILES string of the molecule is CC(=O)NCc1ccc(Cl)c(C(C)(C)O[Si]C(C)(C)C)c1. The van der Waals surface area contributed by atoms with Crippen LogP contribution in [0.4, 0.5) is 0 Å². The van der Waals surface area contributed by atoms with E-state index in [0.717, 1.165) is 11.1 Å². The minimum absolute atomic E-state index is 0.0452. The first-order valence-corrected chi connectivity index (χ1v) is 8.28. The Morgan fingerprint density at radius 3 is 2.43 bits per heavy atom. The van der Waals surface area contributed by atoms with Crippen molar-refractivity contribution < 1.29 is 9.22 Å². The average Bonchev–Trinajstić information content (AvgIpc) is 2.34. The van der Waals surface area contributed by atoms with Gasteiger partial charge in [-0.3, -0.25) is 4.79 Å². The van der Waals surface area contributed by atoms with Crippen LogP contribution >= 0.6 is 11.6 Å². The van der Waals surface area contributed by atoms with E-state index in [1.165, 1.54) is 6.92 Å². The molecule has 0 aliphatic carbocycles. The van der Waals surface area contributed by atoms with Crippen molar-refractivity contribution in [1.82, 2.24) is 5.32 Å². The van der Waals surface area contributed by atoms with Gasteiger partial charge in [-0.05, 0) is 36.6 Å². The third-order valence-electron chi connectivity index (χ3n) is 2.83. The summed E-state index contributed by atoms with van der Waals surface area (Å²) in [6.07, 6.45) is 0. The van der Waals surface area contributed by atoms with Crippen molar-refractivity contribution in [1.29, 1.82) is 0 Å². The molecule has 0 fully saturated rings. The van der Waals surface area contributed by atoms with E-state index in [-0.39, 0.29) is 10.9 Å². The molecule has 0 aliphatic heterocycles. The number of carbonyl (C=O) groups is 1. The predicted octanol–water partition coefficient (Wildman–Crippen LogP) is 4.07. The smallest absolute Gasteiger partial charge is 0.236 e. The maximum Gasteiger partial charge on any atom is 0.236 e. The molecule has 0 unspecified atom stereocenters. The minimum atomic E-state index is -0.463. The summed E-state index contributed by atoms with van der Waals surface area (Å²) in [5, 5.41) is 3.60. The highest BCUT2D eigenvalue weighted by Crippen LogP contribution is 2.34. The molecule has 0 saturated heterocycles. The predicted molar refractivity (Wildman–Crippen MR) is 88.6 cm³/mol. The van der Waals surface area contributed by atoms with E-state index < -0.39 is 5.60 Å². The van der Waals surface area contributed by atoms with Crippen LogP contribution in [0.1, 0.15) is 52.7 Å². The first kappa shape index (κ1) is 18.2. The summed E-state index contributed by atoms with van der Waals surface area (Å²) >= 11 is 6.33. The fourth-order valence-corrected chi connectivity index (χ4v) is 2.72. The van der Waals surface area contributed by atoms with E-state index in [4.69, 9.17) is 16.0 Å². The van der Waals surface area contributed by atoms with Gasteiger partial charge in [0.25, 0.3) is 0 Å². The minimum Gasteiger partial charge on any atom is -0.408 e. The summed E-state index contributed by atoms with van der Waals surface area (Å²) in [5.41, 5.74) is 1.50. The number of rotatable bonds is 5. The maximum absolute atomic E-state index is 11.0. The molecule has 116 valence electrons. The van der Waals surface area contributed by atoms with E-state index in [1.54, 1.807) is 0 Å². The first-order chi connectivity index (χ1) is 9.51. The molecule has 1 N–H and O–H groups in total. The van der Waals surface area contributed by atoms with Gasteiger partial charge < -0.3 is 9.74 Å². The summed E-state index contributed by atoms with van der Waals surface area (Å²) in [5.74, 6) is -0.0452. The van der Waals surface area contributed by atoms with Gasteiger partial charge in [-0.1, -0.05) is 38.4 Å². The van der Waals surface area contributed by atoms with Gasteiger partial charge in [0, 0.05) is 24.1 Å². The number of hydrogen-bond donors (Lipinski definition) is 1. The Kier molecular flexibility index (Phi) is 6.02. The van der Waals surface area contributed by atoms with Crippen LogP contribution in [0.25, 0.3) is 0 Å². The molecule has 0 aliphatic rings. The molecule has 21 heavy (non-hydrogen) atoms. The van der Waals surface area contributed by atoms with Gasteiger partial charge in [0.2, 0.25) is 15.7 Å². The normalized spacial score (nSPS) is 12.3. The summed E-state index contributed by atoms with van der Waals surface area (Å²) in [4.78, 5) is 11.0. The number of carbonyl (C=O) groups excluding carboxylic acids is 1. The monoisotopic (exact) mass is 325 g/mol. The molecule has 2 radical (unpaired) electrons. The van der Waals surface area contributed by atoms with Crippen molar-refractivity contribution in [2.24, 2.45) is 0 Å². The molecule has 1 amide bonds. The van der Waals surface area contributed by atoms with Gasteiger partial charge in [0.15, 0.2) is 0 Å². The first-order valence-electron chi connectivity index (χ1n) is 7.00. The second-order valence-electron chi connectivity index (χ2n) is 6.69. The van der Waals surface area contributed by atoms with Crippen LogP contribution in [-0.4, -0.2) is 15.7 Å². The Labute approximate surface area is 135 Å². The molecule has 1 rings (SSSR count). The Bertz CT molecular complexity index is 509. The van der Waals surface area contributed by atoms with Gasteiger partial charge in [0.1, 0.15) is 0 Å². The summed E-state index contributed by atoms with van der Waals surface area (Å²) < 4.78 is 6.10. The molecule has 1 aromatic rings. The number of hydrogen-bond acceptors (Lipinski definition) is 2. The fraction of sp³-hybridized carbons (Fsp3) is 0.562. The molecular weight excluding hydrogens is 302 g/mol. The lowest BCUT2D eigenvalue weighted by Crippen LogP contribution is -2.28. The molecule has 0 bridgehead atoms. The maximum atomic E-state index is 11.0. The summed E-state index contributed by atoms with van der Waals surface area (Å²) in [6, 6.07) is 5.79. The van der Waals surface area contributed by atoms with E-state index in [1.807, 2.05) is 32.0 Å². The van der Waals surface area contributed by atoms with Crippen molar-refractivity contribution in [2.45, 2.75) is 58.7 Å². The Balaban J connectivity index is 2.93. The highest BCUT2D eigenvalue weighted by atomic mass is 35.5. The van der Waals surface area contributed by atoms with Crippen molar-refractivity contribution in [3.05, 3.63) is 34.3 Å². The quantitative estimate of drug-likeness (QED) is 0.829. The van der Waals surface area contributed by atoms with E-state index >= 15 is 0 Å². The van der Waals surface area contributed by atoms with Gasteiger partial charge in [-0.15, -0.1) is 0 Å². The standard InChI is InChI=1S/C16H24ClNO2Si/c1-11(19)18-10-12-7-8-14(17)13(9-12)16(5,6)20-21-15(2,3)4/h7-9H,10H2,1-6H3,(H,18,19). The molecule has 0 aromatic heterocycles. The van der Waals surface area contributed by atoms with Gasteiger partial charge in [-0.2, -0.15) is 0 Å². The molecule has 0 heterocycles. The number of amides is 1. The van der Waals surface area contributed by atoms with Crippen LogP contribution in [-0.2, 0) is 21.4 Å². The highest BCUT2D eigenvalue weighted by Gasteiger charge is 2.27. The lowest BCUT2D eigenvalue weighted by Gasteiger charge is -2.30. The van der Waals surface area contributed by atoms with Crippen LogP contribution in [0.3, 0.4) is 0 Å². The van der Waals surface area contributed by atoms with Crippen molar-refractivity contribution in [3.8, 4) is 0 Å². The molecule has 1 aromatic carbocycles. The zero-order valence-electron chi connectivity index (χ0n) is 13.6. The third-order valence-corrected chi connectivity index (χ3v) is 4.39. The number of benzene rings is 1. The lowest BCUT2D eigenvalue weighted by molar-refractivity contribution is -0.119. The second kappa shape index (κ2) is 6.94. The second-order valence-corrected chi connectivity index (χ2v) is 9.00. The summed E-state index contributed by atoms with van der Waals surface area (Å²) in [7, 11) is 0.380. The van der Waals surface area contributed by atoms with Crippen LogP contribution in [0, 0.1) is 0 Å². The Morgan fingerprint density at radius 2 is 1.90 bits per heavy atom. The van der Waals surface area contributed by atoms with E-state index in [9.17, 15) is 4.79 Å². The highest BCUT2D eigenvalue weighted by molar-refractivity contribution is 6.32. The van der Waals surface area contributed by atoms with Crippen LogP contribution in [0.2, 0.25) is 10.1 Å². The van der Waals surface area contributed by atoms with Crippen LogP contribution < -0.4 is 5.32 Å². The van der Waals surface area contributed by atoms with Crippen molar-refractivity contribution in [2.75, 3.05) is 0 Å². The zero-order chi connectivity index (χ0) is 16.3. The average molecular weight is 326 g/mol. The number of halogens is 1. The fourth-order valence-electron chi connectivity index (χ4n) is 1.71. The largest absolute Gasteiger partial charge is 0.408 e. The van der Waals surface area contributed by atoms with Gasteiger partial charge in [0.05, 0.1) is 5.60 Å². The topological polar surface area (TPSA) is 38.3 Å². The van der Waals surface area contributed by atoms with E-state index in [2.05, 4.69) is 26.1 Å². The zero-order valence-corrected chi connectivity index (χ0v) is 15.4. The van der Waals surface area contributed by atoms with Gasteiger partial charge in [-0.25, -0.2) is 0 Å². The molecule has 0 saturated carbocycles. The Morgan fingerprint density at radius 1 is 1.29 bits per heavy atom. The van der Waals surface area contributed by atoms with Crippen LogP contribution in [0.5, 0.6) is 0 Å². The molecule has 0 atom stereocenters.